The van der Waals surface area contributed by atoms with E-state index in [-0.39, 0.29) is 12.4 Å². The lowest BCUT2D eigenvalue weighted by Crippen LogP contribution is -2.39. The first kappa shape index (κ1) is 13.8. The van der Waals surface area contributed by atoms with E-state index < -0.39 is 0 Å². The van der Waals surface area contributed by atoms with Gasteiger partial charge in [0.1, 0.15) is 0 Å². The van der Waals surface area contributed by atoms with E-state index in [9.17, 15) is 4.79 Å². The van der Waals surface area contributed by atoms with Crippen LogP contribution in [-0.2, 0) is 4.79 Å². The molecule has 0 aromatic heterocycles. The zero-order chi connectivity index (χ0) is 11.1. The number of carbonyl (C=O) groups excluding carboxylic acids is 1. The van der Waals surface area contributed by atoms with Crippen molar-refractivity contribution in [3.63, 3.8) is 0 Å². The minimum Gasteiger partial charge on any atom is -0.340 e. The molecule has 1 spiro atoms. The van der Waals surface area contributed by atoms with Crippen molar-refractivity contribution in [2.75, 3.05) is 19.6 Å². The number of hydrogen-bond acceptors (Lipinski definition) is 2. The van der Waals surface area contributed by atoms with Gasteiger partial charge in [-0.05, 0) is 45.6 Å². The first-order valence-electron chi connectivity index (χ1n) is 6.12. The highest BCUT2D eigenvalue weighted by Crippen LogP contribution is 2.57. The van der Waals surface area contributed by atoms with Gasteiger partial charge in [-0.1, -0.05) is 0 Å². The molecular formula is C12H23ClN2O. The first-order valence-corrected chi connectivity index (χ1v) is 6.12. The van der Waals surface area contributed by atoms with Gasteiger partial charge < -0.3 is 10.2 Å². The maximum Gasteiger partial charge on any atom is 0.226 e. The van der Waals surface area contributed by atoms with Crippen LogP contribution in [0, 0.1) is 11.3 Å². The van der Waals surface area contributed by atoms with Gasteiger partial charge in [-0.3, -0.25) is 4.79 Å². The quantitative estimate of drug-likeness (QED) is 0.822. The minimum absolute atomic E-state index is 0. The molecule has 0 aromatic carbocycles. The number of nitrogens with zero attached hydrogens (tertiary/aromatic N) is 1. The number of nitrogens with one attached hydrogen (secondary N) is 1. The molecule has 1 saturated carbocycles. The molecule has 2 atom stereocenters. The molecule has 94 valence electrons. The molecular weight excluding hydrogens is 224 g/mol. The summed E-state index contributed by atoms with van der Waals surface area (Å²) in [6.45, 7) is 9.26. The molecule has 0 aromatic rings. The zero-order valence-electron chi connectivity index (χ0n) is 10.5. The van der Waals surface area contributed by atoms with E-state index in [4.69, 9.17) is 0 Å². The number of amides is 1. The molecule has 1 N–H and O–H groups in total. The summed E-state index contributed by atoms with van der Waals surface area (Å²) in [5, 5.41) is 3.38. The fourth-order valence-electron chi connectivity index (χ4n) is 2.91. The first-order chi connectivity index (χ1) is 7.10. The van der Waals surface area contributed by atoms with E-state index in [1.807, 2.05) is 4.90 Å². The molecule has 16 heavy (non-hydrogen) atoms. The average molecular weight is 247 g/mol. The Bertz CT molecular complexity index is 262. The molecule has 4 heteroatoms. The van der Waals surface area contributed by atoms with Crippen LogP contribution >= 0.6 is 12.4 Å². The van der Waals surface area contributed by atoms with Gasteiger partial charge in [0.05, 0.1) is 0 Å². The highest BCUT2D eigenvalue weighted by molar-refractivity contribution is 5.85. The Balaban J connectivity index is 0.00000128. The molecule has 1 aliphatic carbocycles. The lowest BCUT2D eigenvalue weighted by Gasteiger charge is -2.26. The van der Waals surface area contributed by atoms with Gasteiger partial charge in [0.15, 0.2) is 0 Å². The minimum atomic E-state index is 0. The largest absolute Gasteiger partial charge is 0.340 e. The predicted molar refractivity (Wildman–Crippen MR) is 67.8 cm³/mol. The topological polar surface area (TPSA) is 32.3 Å². The van der Waals surface area contributed by atoms with Crippen molar-refractivity contribution in [1.29, 1.82) is 0 Å². The van der Waals surface area contributed by atoms with Crippen molar-refractivity contribution in [1.82, 2.24) is 10.2 Å². The summed E-state index contributed by atoms with van der Waals surface area (Å²) in [4.78, 5) is 14.2. The average Bonchev–Trinajstić information content (AvgIpc) is 2.65. The maximum absolute atomic E-state index is 12.2. The van der Waals surface area contributed by atoms with Gasteiger partial charge in [-0.2, -0.15) is 0 Å². The third kappa shape index (κ3) is 2.21. The van der Waals surface area contributed by atoms with Gasteiger partial charge in [0.25, 0.3) is 0 Å². The molecule has 3 nitrogen and oxygen atoms in total. The van der Waals surface area contributed by atoms with Crippen LogP contribution in [0.1, 0.15) is 33.6 Å². The van der Waals surface area contributed by atoms with Crippen LogP contribution < -0.4 is 5.32 Å². The Kier molecular flexibility index (Phi) is 4.24. The second-order valence-corrected chi connectivity index (χ2v) is 5.26. The monoisotopic (exact) mass is 246 g/mol. The lowest BCUT2D eigenvalue weighted by atomic mass is 10.0. The predicted octanol–water partition coefficient (Wildman–Crippen LogP) is 1.66. The Hall–Kier alpha value is -0.280. The molecule has 1 amide bonds. The summed E-state index contributed by atoms with van der Waals surface area (Å²) in [6, 6.07) is 0.342. The van der Waals surface area contributed by atoms with Crippen molar-refractivity contribution in [3.05, 3.63) is 0 Å². The van der Waals surface area contributed by atoms with Gasteiger partial charge in [0.2, 0.25) is 5.91 Å². The fraction of sp³-hybridized carbons (Fsp3) is 0.917. The van der Waals surface area contributed by atoms with Crippen molar-refractivity contribution >= 4 is 18.3 Å². The normalized spacial score (nSPS) is 31.6. The molecule has 0 bridgehead atoms. The SMILES string of the molecule is CCN(C(=O)C1CC12CCNC2)C(C)C.Cl. The molecule has 1 aliphatic heterocycles. The smallest absolute Gasteiger partial charge is 0.226 e. The highest BCUT2D eigenvalue weighted by Gasteiger charge is 2.59. The van der Waals surface area contributed by atoms with Gasteiger partial charge in [0, 0.05) is 25.0 Å². The molecule has 2 unspecified atom stereocenters. The number of halogens is 1. The van der Waals surface area contributed by atoms with E-state index in [1.54, 1.807) is 0 Å². The molecule has 2 aliphatic rings. The standard InChI is InChI=1S/C12H22N2O.ClH/c1-4-14(9(2)3)11(15)10-7-12(10)5-6-13-8-12;/h9-10,13H,4-8H2,1-3H3;1H. The number of carbonyl (C=O) groups is 1. The van der Waals surface area contributed by atoms with Crippen LogP contribution in [0.25, 0.3) is 0 Å². The Morgan fingerprint density at radius 3 is 2.69 bits per heavy atom. The van der Waals surface area contributed by atoms with E-state index >= 15 is 0 Å². The summed E-state index contributed by atoms with van der Waals surface area (Å²) in [6.07, 6.45) is 2.31. The van der Waals surface area contributed by atoms with Crippen molar-refractivity contribution < 1.29 is 4.79 Å². The summed E-state index contributed by atoms with van der Waals surface area (Å²) in [5.41, 5.74) is 0.347. The van der Waals surface area contributed by atoms with Crippen molar-refractivity contribution in [2.45, 2.75) is 39.7 Å². The third-order valence-electron chi connectivity index (χ3n) is 4.01. The maximum atomic E-state index is 12.2. The fourth-order valence-corrected chi connectivity index (χ4v) is 2.91. The molecule has 0 radical (unpaired) electrons. The lowest BCUT2D eigenvalue weighted by molar-refractivity contribution is -0.134. The van der Waals surface area contributed by atoms with Crippen molar-refractivity contribution in [2.24, 2.45) is 11.3 Å². The van der Waals surface area contributed by atoms with Crippen LogP contribution in [0.5, 0.6) is 0 Å². The van der Waals surface area contributed by atoms with Crippen LogP contribution in [0.2, 0.25) is 0 Å². The molecule has 1 heterocycles. The van der Waals surface area contributed by atoms with Gasteiger partial charge in [-0.25, -0.2) is 0 Å². The van der Waals surface area contributed by atoms with Gasteiger partial charge in [-0.15, -0.1) is 12.4 Å². The van der Waals surface area contributed by atoms with Crippen LogP contribution in [0.3, 0.4) is 0 Å². The van der Waals surface area contributed by atoms with E-state index in [0.29, 0.717) is 23.3 Å². The second kappa shape index (κ2) is 4.92. The van der Waals surface area contributed by atoms with E-state index in [2.05, 4.69) is 26.1 Å². The second-order valence-electron chi connectivity index (χ2n) is 5.26. The van der Waals surface area contributed by atoms with Crippen molar-refractivity contribution in [3.8, 4) is 0 Å². The third-order valence-corrected chi connectivity index (χ3v) is 4.01. The Labute approximate surface area is 104 Å². The molecule has 2 rings (SSSR count). The molecule has 2 fully saturated rings. The van der Waals surface area contributed by atoms with Crippen LogP contribution in [-0.4, -0.2) is 36.5 Å². The zero-order valence-corrected chi connectivity index (χ0v) is 11.3. The highest BCUT2D eigenvalue weighted by atomic mass is 35.5. The van der Waals surface area contributed by atoms with Crippen LogP contribution in [0.15, 0.2) is 0 Å². The van der Waals surface area contributed by atoms with E-state index in [1.165, 1.54) is 6.42 Å². The number of rotatable bonds is 3. The Morgan fingerprint density at radius 1 is 1.56 bits per heavy atom. The summed E-state index contributed by atoms with van der Waals surface area (Å²) in [5.74, 6) is 0.700. The summed E-state index contributed by atoms with van der Waals surface area (Å²) >= 11 is 0. The Morgan fingerprint density at radius 2 is 2.25 bits per heavy atom. The van der Waals surface area contributed by atoms with Gasteiger partial charge >= 0.3 is 0 Å². The van der Waals surface area contributed by atoms with Crippen LogP contribution in [0.4, 0.5) is 0 Å². The van der Waals surface area contributed by atoms with E-state index in [0.717, 1.165) is 26.1 Å². The number of hydrogen-bond donors (Lipinski definition) is 1. The summed E-state index contributed by atoms with van der Waals surface area (Å²) < 4.78 is 0. The summed E-state index contributed by atoms with van der Waals surface area (Å²) in [7, 11) is 0. The molecule has 1 saturated heterocycles.